The largest absolute Gasteiger partial charge is 0.494 e. The molecule has 118 valence electrons. The van der Waals surface area contributed by atoms with Crippen molar-refractivity contribution in [2.24, 2.45) is 5.84 Å². The van der Waals surface area contributed by atoms with Crippen LogP contribution in [0.25, 0.3) is 0 Å². The van der Waals surface area contributed by atoms with E-state index >= 15 is 0 Å². The lowest BCUT2D eigenvalue weighted by Crippen LogP contribution is -2.49. The summed E-state index contributed by atoms with van der Waals surface area (Å²) in [6.07, 6.45) is 5.81. The van der Waals surface area contributed by atoms with Crippen LogP contribution < -0.4 is 16.0 Å². The highest BCUT2D eigenvalue weighted by Gasteiger charge is 2.41. The van der Waals surface area contributed by atoms with E-state index in [4.69, 9.17) is 15.3 Å². The number of ether oxygens (including phenoxy) is 2. The van der Waals surface area contributed by atoms with E-state index in [1.165, 1.54) is 19.3 Å². The highest BCUT2D eigenvalue weighted by atomic mass is 16.5. The van der Waals surface area contributed by atoms with E-state index in [1.807, 2.05) is 19.1 Å². The second-order valence-corrected chi connectivity index (χ2v) is 5.66. The third-order valence-corrected chi connectivity index (χ3v) is 4.35. The van der Waals surface area contributed by atoms with Crippen LogP contribution in [0.15, 0.2) is 24.3 Å². The first kappa shape index (κ1) is 16.3. The van der Waals surface area contributed by atoms with Crippen LogP contribution in [0.2, 0.25) is 0 Å². The van der Waals surface area contributed by atoms with Crippen molar-refractivity contribution in [3.8, 4) is 5.75 Å². The molecule has 1 fully saturated rings. The molecule has 0 saturated heterocycles. The number of benzene rings is 1. The summed E-state index contributed by atoms with van der Waals surface area (Å²) >= 11 is 0. The van der Waals surface area contributed by atoms with Gasteiger partial charge in [0.1, 0.15) is 5.75 Å². The van der Waals surface area contributed by atoms with Crippen LogP contribution in [-0.2, 0) is 4.74 Å². The molecule has 1 aromatic carbocycles. The molecule has 21 heavy (non-hydrogen) atoms. The van der Waals surface area contributed by atoms with Gasteiger partial charge < -0.3 is 9.47 Å². The molecular formula is C17H28N2O2. The fourth-order valence-electron chi connectivity index (χ4n) is 3.43. The Bertz CT molecular complexity index is 408. The van der Waals surface area contributed by atoms with Gasteiger partial charge in [0.05, 0.1) is 18.2 Å². The van der Waals surface area contributed by atoms with Crippen LogP contribution in [0.1, 0.15) is 57.6 Å². The molecule has 0 aliphatic heterocycles. The van der Waals surface area contributed by atoms with Crippen molar-refractivity contribution in [1.29, 1.82) is 0 Å². The minimum absolute atomic E-state index is 0.0217. The number of hydrogen-bond acceptors (Lipinski definition) is 4. The molecule has 0 spiro atoms. The normalized spacial score (nSPS) is 19.2. The van der Waals surface area contributed by atoms with Crippen molar-refractivity contribution in [3.05, 3.63) is 29.8 Å². The molecule has 0 aromatic heterocycles. The van der Waals surface area contributed by atoms with Gasteiger partial charge in [0.25, 0.3) is 0 Å². The predicted octanol–water partition coefficient (Wildman–Crippen LogP) is 3.33. The Morgan fingerprint density at radius 1 is 1.10 bits per heavy atom. The molecule has 1 unspecified atom stereocenters. The van der Waals surface area contributed by atoms with E-state index in [0.717, 1.165) is 30.8 Å². The summed E-state index contributed by atoms with van der Waals surface area (Å²) in [4.78, 5) is 0. The Morgan fingerprint density at radius 3 is 2.29 bits per heavy atom. The molecule has 0 amide bonds. The van der Waals surface area contributed by atoms with Crippen LogP contribution in [0, 0.1) is 0 Å². The Morgan fingerprint density at radius 2 is 1.76 bits per heavy atom. The maximum Gasteiger partial charge on any atom is 0.119 e. The Labute approximate surface area is 128 Å². The fraction of sp³-hybridized carbons (Fsp3) is 0.647. The molecule has 1 saturated carbocycles. The van der Waals surface area contributed by atoms with Gasteiger partial charge in [-0.1, -0.05) is 31.4 Å². The van der Waals surface area contributed by atoms with Crippen molar-refractivity contribution >= 4 is 0 Å². The number of nitrogens with two attached hydrogens (primary N) is 1. The summed E-state index contributed by atoms with van der Waals surface area (Å²) in [6, 6.07) is 8.21. The number of rotatable bonds is 7. The molecule has 1 aromatic rings. The molecule has 4 nitrogen and oxygen atoms in total. The van der Waals surface area contributed by atoms with Crippen LogP contribution in [-0.4, -0.2) is 18.8 Å². The van der Waals surface area contributed by atoms with Gasteiger partial charge in [-0.3, -0.25) is 11.3 Å². The van der Waals surface area contributed by atoms with E-state index in [-0.39, 0.29) is 11.6 Å². The van der Waals surface area contributed by atoms with Gasteiger partial charge in [-0.2, -0.15) is 0 Å². The first-order chi connectivity index (χ1) is 10.3. The summed E-state index contributed by atoms with van der Waals surface area (Å²) in [5, 5.41) is 0. The second kappa shape index (κ2) is 7.78. The first-order valence-corrected chi connectivity index (χ1v) is 8.08. The van der Waals surface area contributed by atoms with Crippen molar-refractivity contribution in [1.82, 2.24) is 5.43 Å². The topological polar surface area (TPSA) is 56.5 Å². The summed E-state index contributed by atoms with van der Waals surface area (Å²) in [6.45, 7) is 5.45. The lowest BCUT2D eigenvalue weighted by molar-refractivity contribution is -0.0913. The number of hydrazine groups is 1. The lowest BCUT2D eigenvalue weighted by atomic mass is 9.77. The van der Waals surface area contributed by atoms with Gasteiger partial charge >= 0.3 is 0 Å². The summed E-state index contributed by atoms with van der Waals surface area (Å²) in [5.41, 5.74) is 3.98. The van der Waals surface area contributed by atoms with E-state index < -0.39 is 0 Å². The Balaban J connectivity index is 2.22. The average Bonchev–Trinajstić information content (AvgIpc) is 2.51. The standard InChI is InChI=1S/C17H28N2O2/c1-3-20-15-10-8-14(9-11-15)16(19-18)17(21-4-2)12-6-5-7-13-17/h8-11,16,19H,3-7,12-13,18H2,1-2H3. The summed E-state index contributed by atoms with van der Waals surface area (Å²) in [5.74, 6) is 6.78. The van der Waals surface area contributed by atoms with Gasteiger partial charge in [-0.15, -0.1) is 0 Å². The van der Waals surface area contributed by atoms with E-state index in [1.54, 1.807) is 0 Å². The van der Waals surface area contributed by atoms with Crippen molar-refractivity contribution < 1.29 is 9.47 Å². The predicted molar refractivity (Wildman–Crippen MR) is 85.1 cm³/mol. The van der Waals surface area contributed by atoms with Crippen molar-refractivity contribution in [2.45, 2.75) is 57.6 Å². The van der Waals surface area contributed by atoms with E-state index in [0.29, 0.717) is 6.61 Å². The van der Waals surface area contributed by atoms with Crippen LogP contribution in [0.4, 0.5) is 0 Å². The van der Waals surface area contributed by atoms with Crippen LogP contribution >= 0.6 is 0 Å². The smallest absolute Gasteiger partial charge is 0.119 e. The minimum atomic E-state index is -0.186. The number of nitrogens with one attached hydrogen (secondary N) is 1. The Hall–Kier alpha value is -1.10. The lowest BCUT2D eigenvalue weighted by Gasteiger charge is -2.43. The highest BCUT2D eigenvalue weighted by Crippen LogP contribution is 2.41. The molecule has 0 bridgehead atoms. The first-order valence-electron chi connectivity index (χ1n) is 8.08. The van der Waals surface area contributed by atoms with Crippen molar-refractivity contribution in [3.63, 3.8) is 0 Å². The minimum Gasteiger partial charge on any atom is -0.494 e. The van der Waals surface area contributed by atoms with Gasteiger partial charge in [-0.25, -0.2) is 0 Å². The van der Waals surface area contributed by atoms with Crippen LogP contribution in [0.3, 0.4) is 0 Å². The van der Waals surface area contributed by atoms with Gasteiger partial charge in [0, 0.05) is 6.61 Å². The molecular weight excluding hydrogens is 264 g/mol. The monoisotopic (exact) mass is 292 g/mol. The molecule has 2 rings (SSSR count). The quantitative estimate of drug-likeness (QED) is 0.598. The molecule has 3 N–H and O–H groups in total. The Kier molecular flexibility index (Phi) is 6.03. The molecule has 1 aliphatic rings. The van der Waals surface area contributed by atoms with Gasteiger partial charge in [0.15, 0.2) is 0 Å². The molecule has 1 aliphatic carbocycles. The third kappa shape index (κ3) is 3.76. The second-order valence-electron chi connectivity index (χ2n) is 5.66. The summed E-state index contributed by atoms with van der Waals surface area (Å²) in [7, 11) is 0. The highest BCUT2D eigenvalue weighted by molar-refractivity contribution is 5.31. The van der Waals surface area contributed by atoms with E-state index in [9.17, 15) is 0 Å². The zero-order valence-corrected chi connectivity index (χ0v) is 13.2. The zero-order valence-electron chi connectivity index (χ0n) is 13.2. The maximum absolute atomic E-state index is 6.18. The molecule has 1 atom stereocenters. The van der Waals surface area contributed by atoms with Crippen molar-refractivity contribution in [2.75, 3.05) is 13.2 Å². The zero-order chi connectivity index (χ0) is 15.1. The fourth-order valence-corrected chi connectivity index (χ4v) is 3.43. The molecule has 4 heteroatoms. The molecule has 0 radical (unpaired) electrons. The van der Waals surface area contributed by atoms with Gasteiger partial charge in [0.2, 0.25) is 0 Å². The molecule has 0 heterocycles. The summed E-state index contributed by atoms with van der Waals surface area (Å²) < 4.78 is 11.7. The SMILES string of the molecule is CCOc1ccc(C(NN)C2(OCC)CCCCC2)cc1. The average molecular weight is 292 g/mol. The maximum atomic E-state index is 6.18. The number of hydrogen-bond donors (Lipinski definition) is 2. The third-order valence-electron chi connectivity index (χ3n) is 4.35. The van der Waals surface area contributed by atoms with E-state index in [2.05, 4.69) is 24.5 Å². The van der Waals surface area contributed by atoms with Gasteiger partial charge in [-0.05, 0) is 44.4 Å². The van der Waals surface area contributed by atoms with Crippen LogP contribution in [0.5, 0.6) is 5.75 Å².